The lowest BCUT2D eigenvalue weighted by atomic mass is 10.0. The number of fused-ring (bicyclic) bond motifs is 1. The summed E-state index contributed by atoms with van der Waals surface area (Å²) in [5.41, 5.74) is 1.33. The van der Waals surface area contributed by atoms with Crippen LogP contribution in [-0.4, -0.2) is 94.2 Å². The van der Waals surface area contributed by atoms with Crippen LogP contribution in [0, 0.1) is 0 Å². The average Bonchev–Trinajstić information content (AvgIpc) is 3.09. The lowest BCUT2D eigenvalue weighted by Gasteiger charge is -2.40. The molecule has 0 bridgehead atoms. The van der Waals surface area contributed by atoms with Crippen molar-refractivity contribution in [2.75, 3.05) is 49.5 Å². The summed E-state index contributed by atoms with van der Waals surface area (Å²) in [5, 5.41) is 12.3. The predicted octanol–water partition coefficient (Wildman–Crippen LogP) is 5.37. The molecule has 4 heterocycles. The van der Waals surface area contributed by atoms with Crippen molar-refractivity contribution in [3.63, 3.8) is 0 Å². The molecular weight excluding hydrogens is 653 g/mol. The lowest BCUT2D eigenvalue weighted by Crippen LogP contribution is -2.54. The number of carbonyl (C=O) groups is 3. The minimum Gasteiger partial charge on any atom is -0.506 e. The van der Waals surface area contributed by atoms with Crippen molar-refractivity contribution >= 4 is 41.0 Å². The third-order valence-electron chi connectivity index (χ3n) is 9.01. The SMILES string of the molecule is O=C(O[C@H](Cc1cc(Cl)c(O)c(C(F)(F)F)c1)C(=O)N1CCN(c2ccncc2)CC1)N1CCC(N2Cc3ccccc3NC2=O)CC1. The summed E-state index contributed by atoms with van der Waals surface area (Å²) in [6.07, 6.45) is -3.23. The molecule has 2 fully saturated rings. The first-order valence-electron chi connectivity index (χ1n) is 15.6. The van der Waals surface area contributed by atoms with Crippen LogP contribution in [0.3, 0.4) is 0 Å². The van der Waals surface area contributed by atoms with E-state index < -0.39 is 40.6 Å². The van der Waals surface area contributed by atoms with Crippen LogP contribution in [0.15, 0.2) is 60.9 Å². The summed E-state index contributed by atoms with van der Waals surface area (Å²) in [5.74, 6) is -1.66. The molecule has 3 aromatic rings. The van der Waals surface area contributed by atoms with Crippen LogP contribution in [-0.2, 0) is 28.7 Å². The molecule has 0 aliphatic carbocycles. The van der Waals surface area contributed by atoms with E-state index in [0.29, 0.717) is 51.6 Å². The molecule has 2 saturated heterocycles. The van der Waals surface area contributed by atoms with Crippen molar-refractivity contribution in [3.8, 4) is 5.75 Å². The zero-order valence-electron chi connectivity index (χ0n) is 25.8. The van der Waals surface area contributed by atoms with Gasteiger partial charge < -0.3 is 34.8 Å². The van der Waals surface area contributed by atoms with E-state index in [1.165, 1.54) is 9.80 Å². The van der Waals surface area contributed by atoms with E-state index in [1.807, 2.05) is 36.4 Å². The van der Waals surface area contributed by atoms with Crippen LogP contribution in [0.25, 0.3) is 0 Å². The van der Waals surface area contributed by atoms with Crippen molar-refractivity contribution in [1.82, 2.24) is 19.7 Å². The lowest BCUT2D eigenvalue weighted by molar-refractivity contribution is -0.141. The topological polar surface area (TPSA) is 119 Å². The fraction of sp³-hybridized carbons (Fsp3) is 0.394. The molecule has 4 amide bonds. The third-order valence-corrected chi connectivity index (χ3v) is 9.30. The van der Waals surface area contributed by atoms with Gasteiger partial charge in [-0.05, 0) is 54.3 Å². The number of piperidine rings is 1. The van der Waals surface area contributed by atoms with Crippen LogP contribution in [0.5, 0.6) is 5.75 Å². The Morgan fingerprint density at radius 3 is 2.38 bits per heavy atom. The number of alkyl halides is 3. The first kappa shape index (κ1) is 33.2. The number of aromatic nitrogens is 1. The molecule has 254 valence electrons. The van der Waals surface area contributed by atoms with Crippen LogP contribution in [0.4, 0.5) is 34.1 Å². The quantitative estimate of drug-likeness (QED) is 0.358. The van der Waals surface area contributed by atoms with Gasteiger partial charge in [-0.3, -0.25) is 9.78 Å². The van der Waals surface area contributed by atoms with Crippen LogP contribution in [0.1, 0.15) is 29.5 Å². The van der Waals surface area contributed by atoms with Gasteiger partial charge in [0.2, 0.25) is 0 Å². The number of likely N-dealkylation sites (tertiary alicyclic amines) is 1. The highest BCUT2D eigenvalue weighted by Crippen LogP contribution is 2.40. The molecule has 0 unspecified atom stereocenters. The second-order valence-electron chi connectivity index (χ2n) is 12.0. The second-order valence-corrected chi connectivity index (χ2v) is 12.4. The summed E-state index contributed by atoms with van der Waals surface area (Å²) in [4.78, 5) is 50.9. The van der Waals surface area contributed by atoms with E-state index in [9.17, 15) is 32.7 Å². The number of halogens is 4. The number of phenolic OH excluding ortho intramolecular Hbond substituents is 1. The minimum atomic E-state index is -4.90. The number of nitrogens with one attached hydrogen (secondary N) is 1. The van der Waals surface area contributed by atoms with Gasteiger partial charge in [-0.2, -0.15) is 13.2 Å². The normalized spacial score (nSPS) is 17.9. The highest BCUT2D eigenvalue weighted by Gasteiger charge is 2.38. The van der Waals surface area contributed by atoms with Crippen molar-refractivity contribution in [2.24, 2.45) is 0 Å². The van der Waals surface area contributed by atoms with E-state index in [0.717, 1.165) is 23.0 Å². The Balaban J connectivity index is 1.14. The number of hydrogen-bond donors (Lipinski definition) is 2. The summed E-state index contributed by atoms with van der Waals surface area (Å²) < 4.78 is 46.8. The van der Waals surface area contributed by atoms with E-state index in [4.69, 9.17) is 16.3 Å². The molecule has 3 aliphatic heterocycles. The molecule has 48 heavy (non-hydrogen) atoms. The molecule has 0 saturated carbocycles. The maximum atomic E-state index is 13.8. The summed E-state index contributed by atoms with van der Waals surface area (Å²) in [6, 6.07) is 12.8. The molecule has 3 aliphatic rings. The molecular formula is C33H34ClF3N6O5. The number of carbonyl (C=O) groups excluding carboxylic acids is 3. The fourth-order valence-corrected chi connectivity index (χ4v) is 6.64. The number of urea groups is 1. The number of ether oxygens (including phenoxy) is 1. The molecule has 1 atom stereocenters. The van der Waals surface area contributed by atoms with Gasteiger partial charge in [0.15, 0.2) is 6.10 Å². The Kier molecular flexibility index (Phi) is 9.54. The summed E-state index contributed by atoms with van der Waals surface area (Å²) in [6.45, 7) is 2.52. The molecule has 2 N–H and O–H groups in total. The van der Waals surface area contributed by atoms with Gasteiger partial charge >= 0.3 is 18.3 Å². The van der Waals surface area contributed by atoms with Crippen molar-refractivity contribution < 1.29 is 37.4 Å². The number of benzene rings is 2. The number of anilines is 2. The van der Waals surface area contributed by atoms with Gasteiger partial charge in [-0.1, -0.05) is 29.8 Å². The monoisotopic (exact) mass is 686 g/mol. The number of nitrogens with zero attached hydrogens (tertiary/aromatic N) is 5. The molecule has 6 rings (SSSR count). The van der Waals surface area contributed by atoms with Gasteiger partial charge in [0.1, 0.15) is 5.75 Å². The number of amides is 4. The number of pyridine rings is 1. The Labute approximate surface area is 279 Å². The maximum absolute atomic E-state index is 13.8. The molecule has 1 aromatic heterocycles. The number of piperazine rings is 1. The number of rotatable bonds is 6. The molecule has 0 spiro atoms. The Morgan fingerprint density at radius 2 is 1.69 bits per heavy atom. The Bertz CT molecular complexity index is 1660. The number of phenols is 1. The van der Waals surface area contributed by atoms with Gasteiger partial charge in [-0.25, -0.2) is 9.59 Å². The Hall–Kier alpha value is -4.72. The van der Waals surface area contributed by atoms with Crippen LogP contribution >= 0.6 is 11.6 Å². The Morgan fingerprint density at radius 1 is 1.00 bits per heavy atom. The highest BCUT2D eigenvalue weighted by molar-refractivity contribution is 6.32. The fourth-order valence-electron chi connectivity index (χ4n) is 6.40. The first-order valence-corrected chi connectivity index (χ1v) is 16.0. The van der Waals surface area contributed by atoms with Crippen molar-refractivity contribution in [1.29, 1.82) is 0 Å². The molecule has 2 aromatic carbocycles. The average molecular weight is 687 g/mol. The van der Waals surface area contributed by atoms with Crippen molar-refractivity contribution in [3.05, 3.63) is 82.6 Å². The number of para-hydroxylation sites is 1. The summed E-state index contributed by atoms with van der Waals surface area (Å²) >= 11 is 5.95. The van der Waals surface area contributed by atoms with Gasteiger partial charge in [0.25, 0.3) is 5.91 Å². The van der Waals surface area contributed by atoms with Crippen molar-refractivity contribution in [2.45, 2.75) is 44.1 Å². The minimum absolute atomic E-state index is 0.0261. The highest BCUT2D eigenvalue weighted by atomic mass is 35.5. The van der Waals surface area contributed by atoms with E-state index in [1.54, 1.807) is 17.3 Å². The zero-order valence-corrected chi connectivity index (χ0v) is 26.6. The van der Waals surface area contributed by atoms with Gasteiger partial charge in [0.05, 0.1) is 10.6 Å². The maximum Gasteiger partial charge on any atom is 0.420 e. The van der Waals surface area contributed by atoms with Gasteiger partial charge in [0, 0.05) is 82.0 Å². The number of aromatic hydroxyl groups is 1. The predicted molar refractivity (Wildman–Crippen MR) is 171 cm³/mol. The van der Waals surface area contributed by atoms with Crippen LogP contribution < -0.4 is 10.2 Å². The van der Waals surface area contributed by atoms with Gasteiger partial charge in [-0.15, -0.1) is 0 Å². The molecule has 11 nitrogen and oxygen atoms in total. The molecule has 0 radical (unpaired) electrons. The summed E-state index contributed by atoms with van der Waals surface area (Å²) in [7, 11) is 0. The second kappa shape index (κ2) is 13.8. The van der Waals surface area contributed by atoms with E-state index in [2.05, 4.69) is 15.2 Å². The molecule has 15 heteroatoms. The standard InChI is InChI=1S/C33H34ClF3N6O5/c34-26-18-21(17-25(29(26)44)33(35,36)37)19-28(30(45)41-15-13-40(14-16-41)23-5-9-38-10-6-23)48-32(47)42-11-7-24(8-12-42)43-20-22-3-1-2-4-27(22)39-31(43)46/h1-6,9-10,17-18,24,28,44H,7-8,11-16,19-20H2,(H,39,46)/t28-/m1/s1. The smallest absolute Gasteiger partial charge is 0.420 e. The van der Waals surface area contributed by atoms with E-state index >= 15 is 0 Å². The van der Waals surface area contributed by atoms with Crippen LogP contribution in [0.2, 0.25) is 5.02 Å². The first-order chi connectivity index (χ1) is 23.0. The van der Waals surface area contributed by atoms with E-state index in [-0.39, 0.29) is 37.1 Å². The number of hydrogen-bond acceptors (Lipinski definition) is 7. The zero-order chi connectivity index (χ0) is 34.0. The largest absolute Gasteiger partial charge is 0.506 e. The third kappa shape index (κ3) is 7.23.